The Labute approximate surface area is 170 Å². The van der Waals surface area contributed by atoms with Crippen molar-refractivity contribution in [2.45, 2.75) is 19.4 Å². The molecule has 7 nitrogen and oxygen atoms in total. The molecule has 0 aromatic heterocycles. The van der Waals surface area contributed by atoms with Gasteiger partial charge in [-0.2, -0.15) is 0 Å². The zero-order valence-electron chi connectivity index (χ0n) is 16.8. The fraction of sp³-hybridized carbons (Fsp3) is 0.318. The van der Waals surface area contributed by atoms with Gasteiger partial charge in [0.2, 0.25) is 0 Å². The predicted molar refractivity (Wildman–Crippen MR) is 112 cm³/mol. The summed E-state index contributed by atoms with van der Waals surface area (Å²) in [5.41, 5.74) is 2.09. The summed E-state index contributed by atoms with van der Waals surface area (Å²) in [6.45, 7) is 1.75. The van der Waals surface area contributed by atoms with Crippen LogP contribution in [-0.4, -0.2) is 49.9 Å². The van der Waals surface area contributed by atoms with Crippen LogP contribution >= 0.6 is 0 Å². The van der Waals surface area contributed by atoms with Gasteiger partial charge in [-0.3, -0.25) is 19.5 Å². The lowest BCUT2D eigenvalue weighted by molar-refractivity contribution is 0.0652. The van der Waals surface area contributed by atoms with E-state index in [1.807, 2.05) is 24.3 Å². The van der Waals surface area contributed by atoms with Gasteiger partial charge < -0.3 is 15.4 Å². The number of nitrogens with zero attached hydrogens (tertiary/aromatic N) is 2. The molecule has 2 amide bonds. The Hall–Kier alpha value is -3.35. The Bertz CT molecular complexity index is 875. The number of benzene rings is 2. The first kappa shape index (κ1) is 20.4. The van der Waals surface area contributed by atoms with Gasteiger partial charge in [-0.1, -0.05) is 24.3 Å². The van der Waals surface area contributed by atoms with E-state index in [0.29, 0.717) is 36.7 Å². The molecule has 0 radical (unpaired) electrons. The van der Waals surface area contributed by atoms with E-state index in [9.17, 15) is 9.59 Å². The maximum atomic E-state index is 12.3. The van der Waals surface area contributed by atoms with Gasteiger partial charge in [-0.15, -0.1) is 0 Å². The molecule has 0 aliphatic carbocycles. The molecule has 152 valence electrons. The van der Waals surface area contributed by atoms with E-state index in [-0.39, 0.29) is 11.8 Å². The minimum absolute atomic E-state index is 0.200. The van der Waals surface area contributed by atoms with Crippen molar-refractivity contribution in [3.63, 3.8) is 0 Å². The molecule has 0 atom stereocenters. The van der Waals surface area contributed by atoms with Crippen LogP contribution in [0.3, 0.4) is 0 Å². The van der Waals surface area contributed by atoms with Crippen LogP contribution in [0.5, 0.6) is 5.75 Å². The SMILES string of the molecule is CN=C(NCCCCN1C(=O)c2ccccc2C1=O)NCc1cccc(OC)c1. The molecule has 0 unspecified atom stereocenters. The molecule has 0 bridgehead atoms. The van der Waals surface area contributed by atoms with E-state index < -0.39 is 0 Å². The number of guanidine groups is 1. The first-order valence-corrected chi connectivity index (χ1v) is 9.66. The number of hydrogen-bond acceptors (Lipinski definition) is 4. The fourth-order valence-corrected chi connectivity index (χ4v) is 3.23. The second kappa shape index (κ2) is 9.73. The topological polar surface area (TPSA) is 83.0 Å². The monoisotopic (exact) mass is 394 g/mol. The molecule has 1 aliphatic rings. The van der Waals surface area contributed by atoms with Crippen LogP contribution in [0.2, 0.25) is 0 Å². The Morgan fingerprint density at radius 3 is 2.38 bits per heavy atom. The maximum Gasteiger partial charge on any atom is 0.261 e. The number of nitrogens with one attached hydrogen (secondary N) is 2. The second-order valence-corrected chi connectivity index (χ2v) is 6.72. The van der Waals surface area contributed by atoms with E-state index >= 15 is 0 Å². The van der Waals surface area contributed by atoms with Gasteiger partial charge in [0.15, 0.2) is 5.96 Å². The molecule has 2 aromatic rings. The Morgan fingerprint density at radius 1 is 1.00 bits per heavy atom. The van der Waals surface area contributed by atoms with Crippen molar-refractivity contribution in [3.8, 4) is 5.75 Å². The van der Waals surface area contributed by atoms with E-state index in [4.69, 9.17) is 4.74 Å². The number of carbonyl (C=O) groups is 2. The quantitative estimate of drug-likeness (QED) is 0.311. The number of rotatable bonds is 8. The van der Waals surface area contributed by atoms with Crippen LogP contribution in [0.25, 0.3) is 0 Å². The minimum Gasteiger partial charge on any atom is -0.497 e. The first-order chi connectivity index (χ1) is 14.1. The highest BCUT2D eigenvalue weighted by Gasteiger charge is 2.34. The van der Waals surface area contributed by atoms with Crippen molar-refractivity contribution in [1.29, 1.82) is 0 Å². The maximum absolute atomic E-state index is 12.3. The van der Waals surface area contributed by atoms with Crippen LogP contribution in [0.15, 0.2) is 53.5 Å². The van der Waals surface area contributed by atoms with Gasteiger partial charge in [0.1, 0.15) is 5.75 Å². The first-order valence-electron chi connectivity index (χ1n) is 9.66. The van der Waals surface area contributed by atoms with Gasteiger partial charge in [0.05, 0.1) is 18.2 Å². The highest BCUT2D eigenvalue weighted by Crippen LogP contribution is 2.22. The molecule has 29 heavy (non-hydrogen) atoms. The summed E-state index contributed by atoms with van der Waals surface area (Å²) < 4.78 is 5.23. The van der Waals surface area contributed by atoms with Gasteiger partial charge >= 0.3 is 0 Å². The van der Waals surface area contributed by atoms with Gasteiger partial charge in [-0.05, 0) is 42.7 Å². The molecule has 3 rings (SSSR count). The van der Waals surface area contributed by atoms with Crippen LogP contribution in [0.1, 0.15) is 39.1 Å². The zero-order valence-corrected chi connectivity index (χ0v) is 16.8. The minimum atomic E-state index is -0.200. The van der Waals surface area contributed by atoms with Crippen LogP contribution in [-0.2, 0) is 6.54 Å². The summed E-state index contributed by atoms with van der Waals surface area (Å²) in [4.78, 5) is 30.2. The van der Waals surface area contributed by atoms with Crippen molar-refractivity contribution in [3.05, 3.63) is 65.2 Å². The van der Waals surface area contributed by atoms with Gasteiger partial charge in [0, 0.05) is 26.7 Å². The molecule has 0 saturated heterocycles. The van der Waals surface area contributed by atoms with E-state index in [1.54, 1.807) is 38.4 Å². The Kier molecular flexibility index (Phi) is 6.84. The number of carbonyl (C=O) groups excluding carboxylic acids is 2. The Morgan fingerprint density at radius 2 is 1.72 bits per heavy atom. The molecule has 0 saturated carbocycles. The third-order valence-electron chi connectivity index (χ3n) is 4.80. The molecule has 1 heterocycles. The lowest BCUT2D eigenvalue weighted by Crippen LogP contribution is -2.37. The third-order valence-corrected chi connectivity index (χ3v) is 4.80. The smallest absolute Gasteiger partial charge is 0.261 e. The molecule has 1 aliphatic heterocycles. The summed E-state index contributed by atoms with van der Waals surface area (Å²) in [5.74, 6) is 1.12. The zero-order chi connectivity index (χ0) is 20.6. The lowest BCUT2D eigenvalue weighted by Gasteiger charge is -2.15. The van der Waals surface area contributed by atoms with E-state index in [0.717, 1.165) is 24.2 Å². The summed E-state index contributed by atoms with van der Waals surface area (Å²) in [6, 6.07) is 14.8. The predicted octanol–water partition coefficient (Wildman–Crippen LogP) is 2.44. The van der Waals surface area contributed by atoms with E-state index in [2.05, 4.69) is 15.6 Å². The molecule has 2 aromatic carbocycles. The summed E-state index contributed by atoms with van der Waals surface area (Å²) in [7, 11) is 3.37. The largest absolute Gasteiger partial charge is 0.497 e. The average molecular weight is 394 g/mol. The molecule has 2 N–H and O–H groups in total. The summed E-state index contributed by atoms with van der Waals surface area (Å²) in [6.07, 6.45) is 1.54. The van der Waals surface area contributed by atoms with Crippen LogP contribution < -0.4 is 15.4 Å². The lowest BCUT2D eigenvalue weighted by atomic mass is 10.1. The summed E-state index contributed by atoms with van der Waals surface area (Å²) >= 11 is 0. The van der Waals surface area contributed by atoms with Crippen molar-refractivity contribution in [2.24, 2.45) is 4.99 Å². The summed E-state index contributed by atoms with van der Waals surface area (Å²) in [5, 5.41) is 6.51. The third kappa shape index (κ3) is 4.93. The number of hydrogen-bond donors (Lipinski definition) is 2. The number of amides is 2. The number of imide groups is 1. The highest BCUT2D eigenvalue weighted by atomic mass is 16.5. The van der Waals surface area contributed by atoms with Gasteiger partial charge in [0.25, 0.3) is 11.8 Å². The van der Waals surface area contributed by atoms with Crippen molar-refractivity contribution in [2.75, 3.05) is 27.2 Å². The van der Waals surface area contributed by atoms with Crippen molar-refractivity contribution in [1.82, 2.24) is 15.5 Å². The molecular formula is C22H26N4O3. The second-order valence-electron chi connectivity index (χ2n) is 6.72. The van der Waals surface area contributed by atoms with Crippen LogP contribution in [0.4, 0.5) is 0 Å². The number of ether oxygens (including phenoxy) is 1. The molecular weight excluding hydrogens is 368 g/mol. The van der Waals surface area contributed by atoms with Crippen LogP contribution in [0, 0.1) is 0 Å². The highest BCUT2D eigenvalue weighted by molar-refractivity contribution is 6.21. The standard InChI is InChI=1S/C22H26N4O3/c1-23-22(25-15-16-8-7-9-17(14-16)29-2)24-12-5-6-13-26-20(27)18-10-3-4-11-19(18)21(26)28/h3-4,7-11,14H,5-6,12-13,15H2,1-2H3,(H2,23,24,25). The Balaban J connectivity index is 1.38. The molecule has 7 heteroatoms. The number of fused-ring (bicyclic) bond motifs is 1. The van der Waals surface area contributed by atoms with Gasteiger partial charge in [-0.25, -0.2) is 0 Å². The average Bonchev–Trinajstić information content (AvgIpc) is 3.00. The fourth-order valence-electron chi connectivity index (χ4n) is 3.23. The number of unbranched alkanes of at least 4 members (excludes halogenated alkanes) is 1. The normalized spacial score (nSPS) is 13.4. The number of methoxy groups -OCH3 is 1. The van der Waals surface area contributed by atoms with Crippen molar-refractivity contribution >= 4 is 17.8 Å². The molecule has 0 fully saturated rings. The number of aliphatic imine (C=N–C) groups is 1. The molecule has 0 spiro atoms. The van der Waals surface area contributed by atoms with Crippen molar-refractivity contribution < 1.29 is 14.3 Å². The van der Waals surface area contributed by atoms with E-state index in [1.165, 1.54) is 4.90 Å².